The first-order valence-corrected chi connectivity index (χ1v) is 11.3. The van der Waals surface area contributed by atoms with Gasteiger partial charge in [-0.2, -0.15) is 13.2 Å². The lowest BCUT2D eigenvalue weighted by Gasteiger charge is -2.45. The standard InChI is InChI=1S/C21H20ClF4NO3S/c1-20(2,31(29,30)16-5-3-4-13(11-16)21(24,25)26)14-9-15(10-14)27-19(28)12-6-7-18(23)17(22)8-12/h3-8,11,14-15H,9-10H2,1-2H3,(H,27,28). The maximum absolute atomic E-state index is 13.2. The highest BCUT2D eigenvalue weighted by atomic mass is 35.5. The smallest absolute Gasteiger partial charge is 0.349 e. The zero-order valence-electron chi connectivity index (χ0n) is 16.6. The van der Waals surface area contributed by atoms with Crippen molar-refractivity contribution in [2.75, 3.05) is 0 Å². The summed E-state index contributed by atoms with van der Waals surface area (Å²) in [6.07, 6.45) is -3.97. The molecule has 0 radical (unpaired) electrons. The third kappa shape index (κ3) is 4.57. The number of amides is 1. The molecule has 0 aliphatic heterocycles. The highest BCUT2D eigenvalue weighted by Gasteiger charge is 2.49. The van der Waals surface area contributed by atoms with Crippen LogP contribution in [0, 0.1) is 11.7 Å². The molecule has 0 saturated heterocycles. The minimum atomic E-state index is -4.65. The van der Waals surface area contributed by atoms with Gasteiger partial charge >= 0.3 is 6.18 Å². The molecule has 0 aromatic heterocycles. The minimum Gasteiger partial charge on any atom is -0.349 e. The Morgan fingerprint density at radius 2 is 1.74 bits per heavy atom. The van der Waals surface area contributed by atoms with E-state index in [1.165, 1.54) is 26.0 Å². The Morgan fingerprint density at radius 3 is 2.32 bits per heavy atom. The summed E-state index contributed by atoms with van der Waals surface area (Å²) >= 11 is 5.68. The number of halogens is 5. The van der Waals surface area contributed by atoms with Crippen molar-refractivity contribution in [3.05, 3.63) is 64.4 Å². The van der Waals surface area contributed by atoms with E-state index >= 15 is 0 Å². The minimum absolute atomic E-state index is 0.172. The predicted molar refractivity (Wildman–Crippen MR) is 108 cm³/mol. The van der Waals surface area contributed by atoms with Crippen molar-refractivity contribution in [3.8, 4) is 0 Å². The van der Waals surface area contributed by atoms with Crippen LogP contribution in [0.1, 0.15) is 42.6 Å². The van der Waals surface area contributed by atoms with Gasteiger partial charge in [0.25, 0.3) is 5.91 Å². The van der Waals surface area contributed by atoms with Crippen LogP contribution >= 0.6 is 11.6 Å². The summed E-state index contributed by atoms with van der Waals surface area (Å²) in [6, 6.07) is 6.95. The fraction of sp³-hybridized carbons (Fsp3) is 0.381. The van der Waals surface area contributed by atoms with Crippen LogP contribution in [0.5, 0.6) is 0 Å². The molecule has 3 rings (SSSR count). The van der Waals surface area contributed by atoms with Crippen molar-refractivity contribution < 1.29 is 30.8 Å². The normalized spacial score (nSPS) is 19.6. The van der Waals surface area contributed by atoms with Gasteiger partial charge in [0.1, 0.15) is 5.82 Å². The highest BCUT2D eigenvalue weighted by molar-refractivity contribution is 7.92. The van der Waals surface area contributed by atoms with E-state index < -0.39 is 38.0 Å². The molecule has 2 aromatic rings. The molecule has 0 unspecified atom stereocenters. The molecule has 0 atom stereocenters. The molecule has 31 heavy (non-hydrogen) atoms. The number of hydrogen-bond donors (Lipinski definition) is 1. The summed E-state index contributed by atoms with van der Waals surface area (Å²) in [4.78, 5) is 11.9. The van der Waals surface area contributed by atoms with Crippen LogP contribution in [0.4, 0.5) is 17.6 Å². The zero-order valence-corrected chi connectivity index (χ0v) is 18.2. The second-order valence-electron chi connectivity index (χ2n) is 8.10. The summed E-state index contributed by atoms with van der Waals surface area (Å²) in [5.41, 5.74) is -0.855. The Kier molecular flexibility index (Phi) is 6.14. The summed E-state index contributed by atoms with van der Waals surface area (Å²) in [7, 11) is -4.07. The van der Waals surface area contributed by atoms with E-state index in [1.54, 1.807) is 0 Å². The number of carbonyl (C=O) groups excluding carboxylic acids is 1. The van der Waals surface area contributed by atoms with Gasteiger partial charge in [0.05, 0.1) is 20.2 Å². The van der Waals surface area contributed by atoms with E-state index in [-0.39, 0.29) is 27.4 Å². The summed E-state index contributed by atoms with van der Waals surface area (Å²) in [5, 5.41) is 2.55. The molecule has 1 N–H and O–H groups in total. The molecule has 168 valence electrons. The molecule has 0 spiro atoms. The van der Waals surface area contributed by atoms with Crippen molar-refractivity contribution in [3.63, 3.8) is 0 Å². The van der Waals surface area contributed by atoms with Gasteiger partial charge in [-0.1, -0.05) is 17.7 Å². The fourth-order valence-corrected chi connectivity index (χ4v) is 5.53. The average molecular weight is 478 g/mol. The van der Waals surface area contributed by atoms with Gasteiger partial charge in [-0.3, -0.25) is 4.79 Å². The first kappa shape index (κ1) is 23.5. The summed E-state index contributed by atoms with van der Waals surface area (Å²) < 4.78 is 77.0. The molecule has 2 aromatic carbocycles. The van der Waals surface area contributed by atoms with Crippen molar-refractivity contribution in [1.29, 1.82) is 0 Å². The van der Waals surface area contributed by atoms with Crippen LogP contribution in [0.15, 0.2) is 47.4 Å². The molecule has 1 saturated carbocycles. The first-order chi connectivity index (χ1) is 14.2. The number of alkyl halides is 3. The summed E-state index contributed by atoms with van der Waals surface area (Å²) in [5.74, 6) is -1.48. The van der Waals surface area contributed by atoms with Gasteiger partial charge in [-0.15, -0.1) is 0 Å². The molecule has 1 fully saturated rings. The van der Waals surface area contributed by atoms with Crippen LogP contribution in [-0.4, -0.2) is 25.1 Å². The van der Waals surface area contributed by atoms with Crippen LogP contribution in [-0.2, 0) is 16.0 Å². The number of rotatable bonds is 5. The van der Waals surface area contributed by atoms with E-state index in [0.29, 0.717) is 18.9 Å². The largest absolute Gasteiger partial charge is 0.416 e. The number of nitrogens with one attached hydrogen (secondary N) is 1. The number of benzene rings is 2. The fourth-order valence-electron chi connectivity index (χ4n) is 3.57. The monoisotopic (exact) mass is 477 g/mol. The molecule has 0 bridgehead atoms. The van der Waals surface area contributed by atoms with E-state index in [1.807, 2.05) is 0 Å². The van der Waals surface area contributed by atoms with Crippen molar-refractivity contribution >= 4 is 27.3 Å². The van der Waals surface area contributed by atoms with Crippen molar-refractivity contribution in [2.45, 2.75) is 48.5 Å². The zero-order chi connectivity index (χ0) is 23.2. The second-order valence-corrected chi connectivity index (χ2v) is 11.0. The quantitative estimate of drug-likeness (QED) is 0.597. The van der Waals surface area contributed by atoms with Gasteiger partial charge in [0.15, 0.2) is 9.84 Å². The number of carbonyl (C=O) groups is 1. The lowest BCUT2D eigenvalue weighted by atomic mass is 9.73. The van der Waals surface area contributed by atoms with E-state index in [0.717, 1.165) is 24.3 Å². The highest BCUT2D eigenvalue weighted by Crippen LogP contribution is 2.44. The molecule has 1 aliphatic rings. The Bertz CT molecular complexity index is 1110. The van der Waals surface area contributed by atoms with Crippen LogP contribution in [0.2, 0.25) is 5.02 Å². The van der Waals surface area contributed by atoms with Crippen molar-refractivity contribution in [2.24, 2.45) is 5.92 Å². The predicted octanol–water partition coefficient (Wildman–Crippen LogP) is 5.26. The van der Waals surface area contributed by atoms with E-state index in [2.05, 4.69) is 5.32 Å². The van der Waals surface area contributed by atoms with Gasteiger partial charge < -0.3 is 5.32 Å². The van der Waals surface area contributed by atoms with E-state index in [9.17, 15) is 30.8 Å². The van der Waals surface area contributed by atoms with Crippen LogP contribution < -0.4 is 5.32 Å². The lowest BCUT2D eigenvalue weighted by molar-refractivity contribution is -0.137. The molecular weight excluding hydrogens is 458 g/mol. The molecule has 1 amide bonds. The van der Waals surface area contributed by atoms with Crippen LogP contribution in [0.25, 0.3) is 0 Å². The topological polar surface area (TPSA) is 63.2 Å². The molecule has 10 heteroatoms. The van der Waals surface area contributed by atoms with Crippen molar-refractivity contribution in [1.82, 2.24) is 5.32 Å². The Hall–Kier alpha value is -2.13. The van der Waals surface area contributed by atoms with Gasteiger partial charge in [0, 0.05) is 11.6 Å². The molecular formula is C21H20ClF4NO3S. The van der Waals surface area contributed by atoms with Crippen LogP contribution in [0.3, 0.4) is 0 Å². The average Bonchev–Trinajstić information content (AvgIpc) is 2.65. The maximum atomic E-state index is 13.2. The Balaban J connectivity index is 1.70. The lowest BCUT2D eigenvalue weighted by Crippen LogP contribution is -2.53. The second kappa shape index (κ2) is 8.09. The molecule has 4 nitrogen and oxygen atoms in total. The molecule has 1 aliphatic carbocycles. The van der Waals surface area contributed by atoms with E-state index in [4.69, 9.17) is 11.6 Å². The third-order valence-electron chi connectivity index (χ3n) is 5.80. The Morgan fingerprint density at radius 1 is 1.10 bits per heavy atom. The van der Waals surface area contributed by atoms with Gasteiger partial charge in [-0.25, -0.2) is 12.8 Å². The first-order valence-electron chi connectivity index (χ1n) is 9.41. The third-order valence-corrected chi connectivity index (χ3v) is 8.69. The SMILES string of the molecule is CC(C)(C1CC(NC(=O)c2ccc(F)c(Cl)c2)C1)S(=O)(=O)c1cccc(C(F)(F)F)c1. The van der Waals surface area contributed by atoms with Gasteiger partial charge in [0.2, 0.25) is 0 Å². The number of sulfone groups is 1. The number of hydrogen-bond acceptors (Lipinski definition) is 3. The molecule has 0 heterocycles. The summed E-state index contributed by atoms with van der Waals surface area (Å²) in [6.45, 7) is 2.95. The van der Waals surface area contributed by atoms with Gasteiger partial charge in [-0.05, 0) is 69.0 Å². The maximum Gasteiger partial charge on any atom is 0.416 e. The Labute approximate surface area is 182 Å².